The second-order valence-corrected chi connectivity index (χ2v) is 23.2. The first-order chi connectivity index (χ1) is 42.4. The molecule has 0 aliphatic heterocycles. The van der Waals surface area contributed by atoms with Crippen LogP contribution in [0.1, 0.15) is 53.8 Å². The van der Waals surface area contributed by atoms with E-state index in [1.54, 1.807) is 0 Å². The lowest BCUT2D eigenvalue weighted by atomic mass is 9.85. The number of hydrogen-bond donors (Lipinski definition) is 4. The van der Waals surface area contributed by atoms with Crippen LogP contribution in [0.2, 0.25) is 0 Å². The summed E-state index contributed by atoms with van der Waals surface area (Å²) in [6.45, 7) is 17.9. The maximum Gasteiger partial charge on any atom is 0.416 e. The standard InChI is InChI=1S/2C23H16F3N5O5S.C14H21NO/c2*1-13-19(20-18(37(34,35)36)12-28-31(20)16-9-7-15(27-2)8-10-16)21(32)29(3)22(33)30(13)17-6-4-5-14(11-17)23(24,25)26;16-11-13-8-4-5-9-14(13)15-10-12-6-2-1-3-7-12/h2*4-12H,1,3H3,(H,34,35,36);1-3,6-7,13-16H,4-5,8-11H2/t;;13-,14-/m..1/s1. The first-order valence-electron chi connectivity index (χ1n) is 26.9. The zero-order chi connectivity index (χ0) is 65.8. The number of nitrogens with zero attached hydrogens (tertiary/aromatic N) is 10. The molecule has 468 valence electrons. The minimum atomic E-state index is -4.96. The highest BCUT2D eigenvalue weighted by molar-refractivity contribution is 7.86. The van der Waals surface area contributed by atoms with Crippen LogP contribution in [0.3, 0.4) is 0 Å². The third kappa shape index (κ3) is 14.0. The van der Waals surface area contributed by atoms with Crippen LogP contribution in [0.5, 0.6) is 0 Å². The van der Waals surface area contributed by atoms with Gasteiger partial charge in [-0.2, -0.15) is 53.4 Å². The molecular formula is C60H53F6N11O11S2. The van der Waals surface area contributed by atoms with Crippen LogP contribution in [0.25, 0.3) is 55.0 Å². The fourth-order valence-corrected chi connectivity index (χ4v) is 11.4. The molecule has 1 fully saturated rings. The number of benzene rings is 5. The lowest BCUT2D eigenvalue weighted by Gasteiger charge is -2.31. The SMILES string of the molecule is OC[C@H]1CCCC[C@H]1NCc1ccccc1.[C-]#[N+]c1ccc(-n2ncc(S(=O)(=O)O)c2-c2c(C)n(-c3cccc(C(F)(F)F)c3)c(=O)n(C)c2=O)cc1.[C-]#[N+]c1ccc(-n2ncc(S(=O)(=O)O)c2-c2c(C)n(-c3cccc(C(F)(F)F)c3)c(=O)n(C)c2=O)cc1. The largest absolute Gasteiger partial charge is 0.416 e. The molecule has 4 aromatic heterocycles. The van der Waals surface area contributed by atoms with Crippen molar-refractivity contribution in [1.82, 2.24) is 43.1 Å². The molecule has 0 unspecified atom stereocenters. The molecule has 4 heterocycles. The summed E-state index contributed by atoms with van der Waals surface area (Å²) in [5.41, 5.74) is -6.25. The Kier molecular flexibility index (Phi) is 19.5. The average Bonchev–Trinajstić information content (AvgIpc) is 1.48. The molecule has 30 heteroatoms. The molecule has 9 aromatic rings. The van der Waals surface area contributed by atoms with Crippen molar-refractivity contribution in [2.24, 2.45) is 20.0 Å². The minimum absolute atomic E-state index is 0.197. The van der Waals surface area contributed by atoms with Gasteiger partial charge in [-0.1, -0.05) is 79.6 Å². The second-order valence-electron chi connectivity index (χ2n) is 20.4. The number of halogens is 6. The van der Waals surface area contributed by atoms with Crippen LogP contribution in [0.4, 0.5) is 37.7 Å². The van der Waals surface area contributed by atoms with Gasteiger partial charge in [-0.25, -0.2) is 28.6 Å². The summed E-state index contributed by atoms with van der Waals surface area (Å²) in [5.74, 6) is 0.456. The smallest absolute Gasteiger partial charge is 0.396 e. The van der Waals surface area contributed by atoms with Crippen molar-refractivity contribution in [3.8, 4) is 45.3 Å². The van der Waals surface area contributed by atoms with Gasteiger partial charge in [0.2, 0.25) is 0 Å². The van der Waals surface area contributed by atoms with Crippen molar-refractivity contribution < 1.29 is 57.4 Å². The Morgan fingerprint density at radius 1 is 0.578 bits per heavy atom. The normalized spacial score (nSPS) is 14.3. The van der Waals surface area contributed by atoms with Gasteiger partial charge in [0.05, 0.1) is 70.5 Å². The number of rotatable bonds is 12. The van der Waals surface area contributed by atoms with E-state index in [1.807, 2.05) is 6.07 Å². The number of aliphatic hydroxyl groups is 1. The van der Waals surface area contributed by atoms with Gasteiger partial charge in [-0.15, -0.1) is 0 Å². The van der Waals surface area contributed by atoms with Gasteiger partial charge in [-0.05, 0) is 98.8 Å². The van der Waals surface area contributed by atoms with E-state index < -0.39 is 98.5 Å². The number of nitrogens with one attached hydrogen (secondary N) is 1. The lowest BCUT2D eigenvalue weighted by Crippen LogP contribution is -2.40. The molecule has 0 bridgehead atoms. The van der Waals surface area contributed by atoms with Gasteiger partial charge in [0.15, 0.2) is 11.4 Å². The van der Waals surface area contributed by atoms with Crippen LogP contribution in [0, 0.1) is 32.9 Å². The Hall–Kier alpha value is -9.82. The summed E-state index contributed by atoms with van der Waals surface area (Å²) >= 11 is 0. The molecule has 0 spiro atoms. The van der Waals surface area contributed by atoms with E-state index in [0.29, 0.717) is 39.8 Å². The predicted octanol–water partition coefficient (Wildman–Crippen LogP) is 9.35. The van der Waals surface area contributed by atoms with Gasteiger partial charge in [0.25, 0.3) is 31.4 Å². The Morgan fingerprint density at radius 3 is 1.34 bits per heavy atom. The van der Waals surface area contributed by atoms with E-state index in [1.165, 1.54) is 106 Å². The molecule has 1 aliphatic rings. The quantitative estimate of drug-likeness (QED) is 0.0504. The molecule has 1 saturated carbocycles. The van der Waals surface area contributed by atoms with Crippen molar-refractivity contribution in [3.05, 3.63) is 232 Å². The third-order valence-corrected chi connectivity index (χ3v) is 16.5. The zero-order valence-electron chi connectivity index (χ0n) is 47.8. The molecule has 2 atom stereocenters. The van der Waals surface area contributed by atoms with E-state index in [0.717, 1.165) is 75.8 Å². The highest BCUT2D eigenvalue weighted by atomic mass is 32.2. The summed E-state index contributed by atoms with van der Waals surface area (Å²) < 4.78 is 154. The van der Waals surface area contributed by atoms with Crippen molar-refractivity contribution in [1.29, 1.82) is 0 Å². The van der Waals surface area contributed by atoms with Crippen LogP contribution in [-0.4, -0.2) is 81.5 Å². The molecule has 10 rings (SSSR count). The van der Waals surface area contributed by atoms with Crippen LogP contribution >= 0.6 is 0 Å². The lowest BCUT2D eigenvalue weighted by molar-refractivity contribution is -0.138. The van der Waals surface area contributed by atoms with E-state index >= 15 is 0 Å². The Labute approximate surface area is 508 Å². The fourth-order valence-electron chi connectivity index (χ4n) is 10.2. The van der Waals surface area contributed by atoms with Gasteiger partial charge in [-0.3, -0.25) is 37.0 Å². The molecule has 90 heavy (non-hydrogen) atoms. The minimum Gasteiger partial charge on any atom is -0.396 e. The van der Waals surface area contributed by atoms with Crippen molar-refractivity contribution in [2.75, 3.05) is 6.61 Å². The second kappa shape index (κ2) is 26.5. The van der Waals surface area contributed by atoms with Crippen molar-refractivity contribution >= 4 is 31.6 Å². The molecule has 4 N–H and O–H groups in total. The van der Waals surface area contributed by atoms with Crippen molar-refractivity contribution in [2.45, 2.75) is 74.3 Å². The zero-order valence-corrected chi connectivity index (χ0v) is 49.5. The summed E-state index contributed by atoms with van der Waals surface area (Å²) in [6, 6.07) is 30.0. The predicted molar refractivity (Wildman–Crippen MR) is 317 cm³/mol. The van der Waals surface area contributed by atoms with Crippen LogP contribution in [-0.2, 0) is 53.2 Å². The molecule has 0 saturated heterocycles. The van der Waals surface area contributed by atoms with Gasteiger partial charge in [0, 0.05) is 44.7 Å². The Morgan fingerprint density at radius 2 is 0.978 bits per heavy atom. The maximum atomic E-state index is 13.3. The highest BCUT2D eigenvalue weighted by Crippen LogP contribution is 2.36. The molecule has 0 amide bonds. The number of hydrogen-bond acceptors (Lipinski definition) is 12. The third-order valence-electron chi connectivity index (χ3n) is 14.8. The van der Waals surface area contributed by atoms with E-state index in [2.05, 4.69) is 49.5 Å². The number of alkyl halides is 6. The summed E-state index contributed by atoms with van der Waals surface area (Å²) in [5, 5.41) is 20.9. The average molecular weight is 1280 g/mol. The van der Waals surface area contributed by atoms with Crippen LogP contribution in [0.15, 0.2) is 169 Å². The van der Waals surface area contributed by atoms with Crippen LogP contribution < -0.4 is 27.8 Å². The van der Waals surface area contributed by atoms with Gasteiger partial charge >= 0.3 is 23.7 Å². The van der Waals surface area contributed by atoms with E-state index in [4.69, 9.17) is 13.1 Å². The Bertz CT molecular complexity index is 4490. The summed E-state index contributed by atoms with van der Waals surface area (Å²) in [6.07, 6.45) is -2.90. The van der Waals surface area contributed by atoms with Gasteiger partial charge in [0.1, 0.15) is 21.2 Å². The Balaban J connectivity index is 0.000000187. The number of aromatic nitrogens is 8. The molecule has 0 radical (unpaired) electrons. The molecular weight excluding hydrogens is 1230 g/mol. The van der Waals surface area contributed by atoms with Gasteiger partial charge < -0.3 is 10.4 Å². The van der Waals surface area contributed by atoms with E-state index in [9.17, 15) is 76.6 Å². The monoisotopic (exact) mass is 1280 g/mol. The first-order valence-corrected chi connectivity index (χ1v) is 29.7. The highest BCUT2D eigenvalue weighted by Gasteiger charge is 2.35. The van der Waals surface area contributed by atoms with E-state index in [-0.39, 0.29) is 45.5 Å². The first kappa shape index (κ1) is 66.1. The van der Waals surface area contributed by atoms with Crippen molar-refractivity contribution in [3.63, 3.8) is 0 Å². The summed E-state index contributed by atoms with van der Waals surface area (Å²) in [7, 11) is -7.76. The summed E-state index contributed by atoms with van der Waals surface area (Å²) in [4.78, 5) is 57.6. The topological polar surface area (TPSA) is 273 Å². The maximum absolute atomic E-state index is 13.3. The molecule has 22 nitrogen and oxygen atoms in total. The number of aliphatic hydroxyl groups excluding tert-OH is 1. The molecule has 5 aromatic carbocycles. The fraction of sp³-hybridized carbons (Fsp3) is 0.233. The molecule has 1 aliphatic carbocycles.